The average molecular weight is 346 g/mol. The number of phenols is 1. The molecule has 0 aliphatic carbocycles. The third-order valence-corrected chi connectivity index (χ3v) is 4.36. The molecule has 0 fully saturated rings. The SMILES string of the molecule is Cc1ccc(O)c([C@H](CC(=O)NCc2cccnc2)c2ccccc2)c1. The Labute approximate surface area is 153 Å². The molecule has 1 aromatic heterocycles. The summed E-state index contributed by atoms with van der Waals surface area (Å²) < 4.78 is 0. The number of aromatic nitrogens is 1. The van der Waals surface area contributed by atoms with E-state index in [4.69, 9.17) is 0 Å². The highest BCUT2D eigenvalue weighted by Gasteiger charge is 2.21. The van der Waals surface area contributed by atoms with Crippen molar-refractivity contribution in [3.05, 3.63) is 95.3 Å². The van der Waals surface area contributed by atoms with Crippen LogP contribution in [0.2, 0.25) is 0 Å². The monoisotopic (exact) mass is 346 g/mol. The molecule has 1 atom stereocenters. The predicted molar refractivity (Wildman–Crippen MR) is 102 cm³/mol. The number of carbonyl (C=O) groups excluding carboxylic acids is 1. The molecular weight excluding hydrogens is 324 g/mol. The number of aryl methyl sites for hydroxylation is 1. The summed E-state index contributed by atoms with van der Waals surface area (Å²) >= 11 is 0. The molecule has 0 aliphatic rings. The molecule has 0 spiro atoms. The number of nitrogens with one attached hydrogen (secondary N) is 1. The quantitative estimate of drug-likeness (QED) is 0.711. The van der Waals surface area contributed by atoms with Crippen LogP contribution >= 0.6 is 0 Å². The molecule has 3 rings (SSSR count). The van der Waals surface area contributed by atoms with Gasteiger partial charge in [0.2, 0.25) is 5.91 Å². The third kappa shape index (κ3) is 4.48. The summed E-state index contributed by atoms with van der Waals surface area (Å²) in [5.74, 6) is -0.0573. The van der Waals surface area contributed by atoms with Crippen molar-refractivity contribution >= 4 is 5.91 Å². The van der Waals surface area contributed by atoms with Gasteiger partial charge < -0.3 is 10.4 Å². The van der Waals surface area contributed by atoms with Crippen molar-refractivity contribution in [3.63, 3.8) is 0 Å². The molecule has 0 aliphatic heterocycles. The van der Waals surface area contributed by atoms with E-state index in [1.165, 1.54) is 0 Å². The summed E-state index contributed by atoms with van der Waals surface area (Å²) in [5.41, 5.74) is 3.78. The smallest absolute Gasteiger partial charge is 0.221 e. The number of hydrogen-bond acceptors (Lipinski definition) is 3. The predicted octanol–water partition coefficient (Wildman–Crippen LogP) is 3.93. The van der Waals surface area contributed by atoms with E-state index < -0.39 is 0 Å². The number of amides is 1. The van der Waals surface area contributed by atoms with Crippen molar-refractivity contribution in [1.29, 1.82) is 0 Å². The number of hydrogen-bond donors (Lipinski definition) is 2. The maximum absolute atomic E-state index is 12.6. The minimum atomic E-state index is -0.204. The first kappa shape index (κ1) is 17.7. The first-order valence-corrected chi connectivity index (χ1v) is 8.63. The fourth-order valence-electron chi connectivity index (χ4n) is 3.01. The average Bonchev–Trinajstić information content (AvgIpc) is 2.68. The summed E-state index contributed by atoms with van der Waals surface area (Å²) in [6, 6.07) is 19.1. The van der Waals surface area contributed by atoms with Crippen molar-refractivity contribution in [2.24, 2.45) is 0 Å². The van der Waals surface area contributed by atoms with Crippen LogP contribution in [0.25, 0.3) is 0 Å². The molecule has 132 valence electrons. The molecule has 0 bridgehead atoms. The molecule has 1 amide bonds. The Bertz CT molecular complexity index is 864. The number of rotatable bonds is 6. The minimum Gasteiger partial charge on any atom is -0.508 e. The molecule has 0 unspecified atom stereocenters. The highest BCUT2D eigenvalue weighted by molar-refractivity contribution is 5.77. The number of benzene rings is 2. The van der Waals surface area contributed by atoms with Crippen molar-refractivity contribution in [2.45, 2.75) is 25.8 Å². The van der Waals surface area contributed by atoms with E-state index in [2.05, 4.69) is 10.3 Å². The topological polar surface area (TPSA) is 62.2 Å². The molecule has 2 N–H and O–H groups in total. The van der Waals surface area contributed by atoms with Crippen LogP contribution in [0.1, 0.15) is 34.6 Å². The van der Waals surface area contributed by atoms with Gasteiger partial charge in [-0.15, -0.1) is 0 Å². The zero-order chi connectivity index (χ0) is 18.4. The molecular formula is C22H22N2O2. The minimum absolute atomic E-state index is 0.0661. The molecule has 3 aromatic rings. The second-order valence-electron chi connectivity index (χ2n) is 6.37. The standard InChI is InChI=1S/C22H22N2O2/c1-16-9-10-21(25)20(12-16)19(18-7-3-2-4-8-18)13-22(26)24-15-17-6-5-11-23-14-17/h2-12,14,19,25H,13,15H2,1H3,(H,24,26)/t19-/m1/s1. The first-order chi connectivity index (χ1) is 12.6. The van der Waals surface area contributed by atoms with Gasteiger partial charge in [-0.1, -0.05) is 54.1 Å². The van der Waals surface area contributed by atoms with E-state index in [1.54, 1.807) is 18.5 Å². The van der Waals surface area contributed by atoms with Crippen molar-refractivity contribution < 1.29 is 9.90 Å². The Balaban J connectivity index is 1.80. The van der Waals surface area contributed by atoms with Gasteiger partial charge in [-0.05, 0) is 30.2 Å². The van der Waals surface area contributed by atoms with Crippen LogP contribution in [0.15, 0.2) is 73.1 Å². The molecule has 4 nitrogen and oxygen atoms in total. The van der Waals surface area contributed by atoms with Crippen LogP contribution in [-0.4, -0.2) is 16.0 Å². The van der Waals surface area contributed by atoms with Gasteiger partial charge in [0, 0.05) is 36.8 Å². The first-order valence-electron chi connectivity index (χ1n) is 8.63. The number of carbonyl (C=O) groups is 1. The summed E-state index contributed by atoms with van der Waals surface area (Å²) in [7, 11) is 0. The summed E-state index contributed by atoms with van der Waals surface area (Å²) in [6.45, 7) is 2.42. The Morgan fingerprint density at radius 1 is 1.12 bits per heavy atom. The van der Waals surface area contributed by atoms with Gasteiger partial charge >= 0.3 is 0 Å². The highest BCUT2D eigenvalue weighted by atomic mass is 16.3. The van der Waals surface area contributed by atoms with Crippen LogP contribution in [0.4, 0.5) is 0 Å². The van der Waals surface area contributed by atoms with Crippen molar-refractivity contribution in [3.8, 4) is 5.75 Å². The van der Waals surface area contributed by atoms with Gasteiger partial charge in [0.05, 0.1) is 0 Å². The van der Waals surface area contributed by atoms with Gasteiger partial charge in [0.1, 0.15) is 5.75 Å². The number of aromatic hydroxyl groups is 1. The van der Waals surface area contributed by atoms with E-state index in [9.17, 15) is 9.90 Å². The lowest BCUT2D eigenvalue weighted by atomic mass is 9.87. The van der Waals surface area contributed by atoms with E-state index in [1.807, 2.05) is 61.5 Å². The number of phenolic OH excluding ortho intramolecular Hbond substituents is 1. The molecule has 0 saturated heterocycles. The molecule has 0 saturated carbocycles. The zero-order valence-electron chi connectivity index (χ0n) is 14.7. The lowest BCUT2D eigenvalue weighted by Gasteiger charge is -2.19. The fourth-order valence-corrected chi connectivity index (χ4v) is 3.01. The lowest BCUT2D eigenvalue weighted by molar-refractivity contribution is -0.121. The zero-order valence-corrected chi connectivity index (χ0v) is 14.7. The number of nitrogens with zero attached hydrogens (tertiary/aromatic N) is 1. The van der Waals surface area contributed by atoms with Crippen molar-refractivity contribution in [2.75, 3.05) is 0 Å². The van der Waals surface area contributed by atoms with E-state index in [0.29, 0.717) is 6.54 Å². The molecule has 2 aromatic carbocycles. The maximum atomic E-state index is 12.6. The molecule has 1 heterocycles. The van der Waals surface area contributed by atoms with E-state index in [-0.39, 0.29) is 24.0 Å². The maximum Gasteiger partial charge on any atom is 0.221 e. The number of pyridine rings is 1. The Kier molecular flexibility index (Phi) is 5.64. The molecule has 4 heteroatoms. The summed E-state index contributed by atoms with van der Waals surface area (Å²) in [5, 5.41) is 13.3. The van der Waals surface area contributed by atoms with Gasteiger partial charge in [-0.25, -0.2) is 0 Å². The molecule has 0 radical (unpaired) electrons. The van der Waals surface area contributed by atoms with Crippen LogP contribution in [0, 0.1) is 6.92 Å². The van der Waals surface area contributed by atoms with Gasteiger partial charge in [0.15, 0.2) is 0 Å². The fraction of sp³-hybridized carbons (Fsp3) is 0.182. The Morgan fingerprint density at radius 2 is 1.92 bits per heavy atom. The second kappa shape index (κ2) is 8.30. The Morgan fingerprint density at radius 3 is 2.65 bits per heavy atom. The molecule has 26 heavy (non-hydrogen) atoms. The van der Waals surface area contributed by atoms with Gasteiger partial charge in [0.25, 0.3) is 0 Å². The van der Waals surface area contributed by atoms with Crippen LogP contribution in [0.5, 0.6) is 5.75 Å². The third-order valence-electron chi connectivity index (χ3n) is 4.36. The van der Waals surface area contributed by atoms with Crippen LogP contribution in [-0.2, 0) is 11.3 Å². The van der Waals surface area contributed by atoms with Gasteiger partial charge in [-0.2, -0.15) is 0 Å². The van der Waals surface area contributed by atoms with Crippen molar-refractivity contribution in [1.82, 2.24) is 10.3 Å². The highest BCUT2D eigenvalue weighted by Crippen LogP contribution is 2.34. The lowest BCUT2D eigenvalue weighted by Crippen LogP contribution is -2.25. The summed E-state index contributed by atoms with van der Waals surface area (Å²) in [6.07, 6.45) is 3.71. The van der Waals surface area contributed by atoms with Crippen LogP contribution < -0.4 is 5.32 Å². The van der Waals surface area contributed by atoms with E-state index >= 15 is 0 Å². The Hall–Kier alpha value is -3.14. The summed E-state index contributed by atoms with van der Waals surface area (Å²) in [4.78, 5) is 16.6. The largest absolute Gasteiger partial charge is 0.508 e. The second-order valence-corrected chi connectivity index (χ2v) is 6.37. The van der Waals surface area contributed by atoms with Gasteiger partial charge in [-0.3, -0.25) is 9.78 Å². The van der Waals surface area contributed by atoms with Crippen LogP contribution in [0.3, 0.4) is 0 Å². The normalized spacial score (nSPS) is 11.7. The van der Waals surface area contributed by atoms with E-state index in [0.717, 1.165) is 22.3 Å².